The summed E-state index contributed by atoms with van der Waals surface area (Å²) in [5.74, 6) is 0.0273. The molecule has 50 heavy (non-hydrogen) atoms. The van der Waals surface area contributed by atoms with Gasteiger partial charge < -0.3 is 34.9 Å². The van der Waals surface area contributed by atoms with E-state index < -0.39 is 32.9 Å². The number of aliphatic hydroxyl groups is 1. The van der Waals surface area contributed by atoms with Crippen LogP contribution in [0.1, 0.15) is 73.3 Å². The van der Waals surface area contributed by atoms with Crippen molar-refractivity contribution in [3.63, 3.8) is 0 Å². The Balaban J connectivity index is 1.66. The van der Waals surface area contributed by atoms with Gasteiger partial charge in [0.2, 0.25) is 28.6 Å². The lowest BCUT2D eigenvalue weighted by Crippen LogP contribution is -2.55. The highest BCUT2D eigenvalue weighted by Crippen LogP contribution is 2.37. The van der Waals surface area contributed by atoms with Crippen LogP contribution in [0.25, 0.3) is 0 Å². The van der Waals surface area contributed by atoms with Gasteiger partial charge in [-0.2, -0.15) is 4.31 Å². The highest BCUT2D eigenvalue weighted by molar-refractivity contribution is 7.89. The van der Waals surface area contributed by atoms with Gasteiger partial charge in [0.15, 0.2) is 11.5 Å². The highest BCUT2D eigenvalue weighted by atomic mass is 32.2. The first kappa shape index (κ1) is 40.5. The Labute approximate surface area is 296 Å². The summed E-state index contributed by atoms with van der Waals surface area (Å²) >= 11 is 0. The molecule has 2 aromatic rings. The molecule has 0 fully saturated rings. The third kappa shape index (κ3) is 12.2. The highest BCUT2D eigenvalue weighted by Gasteiger charge is 2.43. The molecule has 13 nitrogen and oxygen atoms in total. The number of hydrogen-bond acceptors (Lipinski definition) is 9. The Bertz CT molecular complexity index is 1580. The van der Waals surface area contributed by atoms with E-state index in [4.69, 9.17) is 14.2 Å². The smallest absolute Gasteiger partial charge is 0.410 e. The number of fused-ring (bicyclic) bond motifs is 1. The van der Waals surface area contributed by atoms with E-state index in [1.807, 2.05) is 58.0 Å². The number of benzene rings is 2. The van der Waals surface area contributed by atoms with Crippen LogP contribution in [0, 0.1) is 11.3 Å². The van der Waals surface area contributed by atoms with Crippen molar-refractivity contribution in [3.8, 4) is 11.5 Å². The number of ether oxygens (including phenoxy) is 3. The van der Waals surface area contributed by atoms with Gasteiger partial charge in [-0.05, 0) is 49.8 Å². The molecule has 3 N–H and O–H groups in total. The van der Waals surface area contributed by atoms with Crippen LogP contribution in [0.2, 0.25) is 0 Å². The Kier molecular flexibility index (Phi) is 13.7. The third-order valence-corrected chi connectivity index (χ3v) is 9.81. The molecule has 1 unspecified atom stereocenters. The summed E-state index contributed by atoms with van der Waals surface area (Å²) in [5, 5.41) is 18.0. The summed E-state index contributed by atoms with van der Waals surface area (Å²) in [5.41, 5.74) is -2.43. The first-order chi connectivity index (χ1) is 23.2. The monoisotopic (exact) mass is 718 g/mol. The molecule has 0 saturated heterocycles. The molecule has 1 heterocycles. The number of hydrogen-bond donors (Lipinski definition) is 3. The Morgan fingerprint density at radius 2 is 1.62 bits per heavy atom. The topological polar surface area (TPSA) is 164 Å². The molecule has 1 atom stereocenters. The first-order valence-corrected chi connectivity index (χ1v) is 18.3. The zero-order chi connectivity index (χ0) is 37.3. The number of carbonyl (C=O) groups excluding carboxylic acids is 3. The summed E-state index contributed by atoms with van der Waals surface area (Å²) < 4.78 is 45.6. The lowest BCUT2D eigenvalue weighted by molar-refractivity contribution is -0.125. The molecular weight excluding hydrogens is 664 g/mol. The maximum atomic E-state index is 14.2. The number of rotatable bonds is 17. The third-order valence-electron chi connectivity index (χ3n) is 7.89. The summed E-state index contributed by atoms with van der Waals surface area (Å²) in [6, 6.07) is 13.5. The molecule has 1 aliphatic heterocycles. The molecule has 2 aromatic carbocycles. The van der Waals surface area contributed by atoms with Gasteiger partial charge in [-0.15, -0.1) is 0 Å². The number of amides is 3. The first-order valence-electron chi connectivity index (χ1n) is 16.9. The van der Waals surface area contributed by atoms with Crippen molar-refractivity contribution in [1.29, 1.82) is 0 Å². The van der Waals surface area contributed by atoms with Crippen molar-refractivity contribution in [1.82, 2.24) is 19.8 Å². The average Bonchev–Trinajstić information content (AvgIpc) is 3.49. The molecule has 0 radical (unpaired) electrons. The van der Waals surface area contributed by atoms with Crippen LogP contribution in [0.4, 0.5) is 4.79 Å². The van der Waals surface area contributed by atoms with Gasteiger partial charge in [0.05, 0.1) is 4.90 Å². The van der Waals surface area contributed by atoms with Gasteiger partial charge >= 0.3 is 6.09 Å². The fourth-order valence-electron chi connectivity index (χ4n) is 5.30. The van der Waals surface area contributed by atoms with Crippen LogP contribution >= 0.6 is 0 Å². The predicted octanol–water partition coefficient (Wildman–Crippen LogP) is 4.29. The molecule has 1 aliphatic rings. The van der Waals surface area contributed by atoms with E-state index >= 15 is 0 Å². The van der Waals surface area contributed by atoms with Crippen LogP contribution in [0.3, 0.4) is 0 Å². The molecule has 0 aromatic heterocycles. The van der Waals surface area contributed by atoms with Crippen molar-refractivity contribution in [2.24, 2.45) is 11.3 Å². The van der Waals surface area contributed by atoms with E-state index in [0.717, 1.165) is 9.87 Å². The van der Waals surface area contributed by atoms with E-state index in [1.54, 1.807) is 27.8 Å². The number of sulfonamides is 1. The van der Waals surface area contributed by atoms with Gasteiger partial charge in [0.1, 0.15) is 11.3 Å². The average molecular weight is 719 g/mol. The summed E-state index contributed by atoms with van der Waals surface area (Å²) in [4.78, 5) is 39.1. The fourth-order valence-corrected chi connectivity index (χ4v) is 7.15. The van der Waals surface area contributed by atoms with Crippen LogP contribution < -0.4 is 20.1 Å². The number of carbonyl (C=O) groups is 3. The SMILES string of the molecule is CC(C)CN(C(O)(CCNC(=O)CC(C)(C)CNC(=O)CCN(C)C(=O)OC(C)(C)C)Cc1ccccc1)S(=O)(=O)c1ccc2c(c1)OCO2. The predicted molar refractivity (Wildman–Crippen MR) is 189 cm³/mol. The van der Waals surface area contributed by atoms with Crippen molar-refractivity contribution in [2.45, 2.75) is 90.4 Å². The van der Waals surface area contributed by atoms with Gasteiger partial charge in [0.25, 0.3) is 0 Å². The second-order valence-electron chi connectivity index (χ2n) is 15.0. The van der Waals surface area contributed by atoms with E-state index in [1.165, 1.54) is 23.1 Å². The van der Waals surface area contributed by atoms with Gasteiger partial charge in [-0.25, -0.2) is 13.2 Å². The molecule has 0 aliphatic carbocycles. The van der Waals surface area contributed by atoms with Crippen LogP contribution in [0.5, 0.6) is 11.5 Å². The molecule has 14 heteroatoms. The van der Waals surface area contributed by atoms with Gasteiger partial charge in [0, 0.05) is 65.0 Å². The van der Waals surface area contributed by atoms with Crippen molar-refractivity contribution >= 4 is 27.9 Å². The minimum Gasteiger partial charge on any atom is -0.454 e. The van der Waals surface area contributed by atoms with Crippen LogP contribution in [-0.2, 0) is 30.8 Å². The standard InChI is InChI=1S/C36H54N4O9S/c1-26(2)23-40(50(45,46)28-14-15-29-30(20-28)48-25-47-29)36(44,21-27-12-10-9-11-13-27)17-18-37-32(42)22-35(6,7)24-38-31(41)16-19-39(8)33(43)49-34(3,4)5/h9-15,20,26,44H,16-19,21-25H2,1-8H3,(H,37,42)(H,38,41). The van der Waals surface area contributed by atoms with Crippen LogP contribution in [0.15, 0.2) is 53.4 Å². The van der Waals surface area contributed by atoms with Gasteiger partial charge in [-0.3, -0.25) is 9.59 Å². The zero-order valence-corrected chi connectivity index (χ0v) is 31.4. The summed E-state index contributed by atoms with van der Waals surface area (Å²) in [6.45, 7) is 13.1. The van der Waals surface area contributed by atoms with Crippen molar-refractivity contribution < 1.29 is 42.1 Å². The normalized spacial score (nSPS) is 14.3. The minimum absolute atomic E-state index is 0.00708. The van der Waals surface area contributed by atoms with Crippen molar-refractivity contribution in [2.75, 3.05) is 40.0 Å². The molecular formula is C36H54N4O9S. The largest absolute Gasteiger partial charge is 0.454 e. The Morgan fingerprint density at radius 1 is 0.960 bits per heavy atom. The molecule has 278 valence electrons. The summed E-state index contributed by atoms with van der Waals surface area (Å²) in [7, 11) is -2.69. The van der Waals surface area contributed by atoms with Gasteiger partial charge in [-0.1, -0.05) is 58.0 Å². The second-order valence-corrected chi connectivity index (χ2v) is 16.8. The maximum absolute atomic E-state index is 14.2. The Morgan fingerprint density at radius 3 is 2.26 bits per heavy atom. The number of nitrogens with one attached hydrogen (secondary N) is 2. The molecule has 0 bridgehead atoms. The second kappa shape index (κ2) is 16.9. The summed E-state index contributed by atoms with van der Waals surface area (Å²) in [6.07, 6.45) is -0.489. The minimum atomic E-state index is -4.25. The van der Waals surface area contributed by atoms with E-state index in [0.29, 0.717) is 11.5 Å². The lowest BCUT2D eigenvalue weighted by atomic mass is 9.88. The fraction of sp³-hybridized carbons (Fsp3) is 0.583. The van der Waals surface area contributed by atoms with Crippen molar-refractivity contribution in [3.05, 3.63) is 54.1 Å². The quantitative estimate of drug-likeness (QED) is 0.203. The maximum Gasteiger partial charge on any atom is 0.410 e. The molecule has 3 amide bonds. The molecule has 0 spiro atoms. The zero-order valence-electron chi connectivity index (χ0n) is 30.6. The lowest BCUT2D eigenvalue weighted by Gasteiger charge is -2.40. The molecule has 3 rings (SSSR count). The van der Waals surface area contributed by atoms with Crippen LogP contribution in [-0.4, -0.2) is 92.0 Å². The van der Waals surface area contributed by atoms with E-state index in [2.05, 4.69) is 10.6 Å². The Hall–Kier alpha value is -3.88. The number of nitrogens with zero attached hydrogens (tertiary/aromatic N) is 2. The molecule has 0 saturated carbocycles. The van der Waals surface area contributed by atoms with E-state index in [9.17, 15) is 27.9 Å². The van der Waals surface area contributed by atoms with E-state index in [-0.39, 0.29) is 81.3 Å².